The van der Waals surface area contributed by atoms with E-state index in [4.69, 9.17) is 4.74 Å². The van der Waals surface area contributed by atoms with Crippen molar-refractivity contribution in [2.75, 3.05) is 7.11 Å². The van der Waals surface area contributed by atoms with E-state index >= 15 is 0 Å². The van der Waals surface area contributed by atoms with E-state index < -0.39 is 0 Å². The van der Waals surface area contributed by atoms with Crippen LogP contribution < -0.4 is 10.1 Å². The minimum atomic E-state index is -0.107. The third-order valence-corrected chi connectivity index (χ3v) is 6.01. The molecule has 1 aromatic heterocycles. The van der Waals surface area contributed by atoms with Gasteiger partial charge in [0.15, 0.2) is 5.82 Å². The van der Waals surface area contributed by atoms with Gasteiger partial charge >= 0.3 is 0 Å². The van der Waals surface area contributed by atoms with Crippen LogP contribution in [0.3, 0.4) is 0 Å². The van der Waals surface area contributed by atoms with Crippen LogP contribution >= 0.6 is 0 Å². The molecule has 0 spiro atoms. The number of nitrogens with one attached hydrogen (secondary N) is 1. The lowest BCUT2D eigenvalue weighted by Gasteiger charge is -2.41. The number of methoxy groups -OCH3 is 1. The smallest absolute Gasteiger partial charge is 0.176 e. The van der Waals surface area contributed by atoms with E-state index in [0.717, 1.165) is 30.1 Å². The van der Waals surface area contributed by atoms with Crippen molar-refractivity contribution in [3.05, 3.63) is 30.1 Å². The quantitative estimate of drug-likeness (QED) is 0.885. The minimum Gasteiger partial charge on any atom is -0.497 e. The normalized spacial score (nSPS) is 20.8. The Balaban J connectivity index is 1.66. The Morgan fingerprint density at radius 1 is 1.00 bits per heavy atom. The van der Waals surface area contributed by atoms with Crippen LogP contribution in [0.5, 0.6) is 5.75 Å². The summed E-state index contributed by atoms with van der Waals surface area (Å²) in [6.07, 6.45) is 12.6. The molecule has 1 N–H and O–H groups in total. The highest BCUT2D eigenvalue weighted by atomic mass is 16.5. The van der Waals surface area contributed by atoms with Crippen molar-refractivity contribution in [2.45, 2.75) is 75.8 Å². The molecule has 0 saturated heterocycles. The summed E-state index contributed by atoms with van der Waals surface area (Å²) >= 11 is 0. The molecule has 0 radical (unpaired) electrons. The van der Waals surface area contributed by atoms with Gasteiger partial charge in [0.25, 0.3) is 0 Å². The Labute approximate surface area is 155 Å². The van der Waals surface area contributed by atoms with Crippen LogP contribution in [0.2, 0.25) is 0 Å². The van der Waals surface area contributed by atoms with Crippen molar-refractivity contribution >= 4 is 0 Å². The summed E-state index contributed by atoms with van der Waals surface area (Å²) in [6.45, 7) is 0. The summed E-state index contributed by atoms with van der Waals surface area (Å²) in [4.78, 5) is 0. The first-order valence-electron chi connectivity index (χ1n) is 10.0. The highest BCUT2D eigenvalue weighted by Crippen LogP contribution is 2.38. The largest absolute Gasteiger partial charge is 0.497 e. The van der Waals surface area contributed by atoms with Crippen LogP contribution in [-0.2, 0) is 5.54 Å². The molecule has 2 saturated carbocycles. The van der Waals surface area contributed by atoms with E-state index in [2.05, 4.69) is 20.8 Å². The van der Waals surface area contributed by atoms with Gasteiger partial charge < -0.3 is 10.1 Å². The summed E-state index contributed by atoms with van der Waals surface area (Å²) in [5.41, 5.74) is 0.880. The van der Waals surface area contributed by atoms with Gasteiger partial charge in [-0.15, -0.1) is 5.10 Å². The molecule has 26 heavy (non-hydrogen) atoms. The molecule has 2 fully saturated rings. The Morgan fingerprint density at radius 2 is 1.69 bits per heavy atom. The molecule has 0 atom stereocenters. The molecular weight excluding hydrogens is 326 g/mol. The van der Waals surface area contributed by atoms with Gasteiger partial charge in [-0.3, -0.25) is 0 Å². The van der Waals surface area contributed by atoms with Crippen molar-refractivity contribution in [1.29, 1.82) is 0 Å². The standard InChI is InChI=1S/C20H29N5O/c1-26-18-12-10-17(11-13-18)25-19(22-23-24-25)20(14-6-3-7-15-20)21-16-8-4-2-5-9-16/h10-13,16,21H,2-9,14-15H2,1H3. The van der Waals surface area contributed by atoms with E-state index in [1.165, 1.54) is 51.4 Å². The second-order valence-electron chi connectivity index (χ2n) is 7.73. The predicted molar refractivity (Wildman–Crippen MR) is 100 cm³/mol. The number of hydrogen-bond acceptors (Lipinski definition) is 5. The van der Waals surface area contributed by atoms with Crippen molar-refractivity contribution in [1.82, 2.24) is 25.5 Å². The van der Waals surface area contributed by atoms with E-state index in [-0.39, 0.29) is 5.54 Å². The molecular formula is C20H29N5O. The summed E-state index contributed by atoms with van der Waals surface area (Å²) < 4.78 is 7.20. The van der Waals surface area contributed by atoms with Gasteiger partial charge in [-0.1, -0.05) is 38.5 Å². The predicted octanol–water partition coefficient (Wildman–Crippen LogP) is 3.75. The molecule has 0 unspecified atom stereocenters. The van der Waals surface area contributed by atoms with Crippen molar-refractivity contribution in [2.24, 2.45) is 0 Å². The molecule has 1 heterocycles. The fraction of sp³-hybridized carbons (Fsp3) is 0.650. The second-order valence-corrected chi connectivity index (χ2v) is 7.73. The minimum absolute atomic E-state index is 0.107. The molecule has 140 valence electrons. The first kappa shape index (κ1) is 17.5. The van der Waals surface area contributed by atoms with Gasteiger partial charge in [-0.05, 0) is 60.4 Å². The number of rotatable bonds is 5. The van der Waals surface area contributed by atoms with Crippen LogP contribution in [0.25, 0.3) is 5.69 Å². The van der Waals surface area contributed by atoms with Crippen molar-refractivity contribution < 1.29 is 4.74 Å². The summed E-state index contributed by atoms with van der Waals surface area (Å²) in [6, 6.07) is 8.56. The number of nitrogens with zero attached hydrogens (tertiary/aromatic N) is 4. The van der Waals surface area contributed by atoms with Crippen LogP contribution in [-0.4, -0.2) is 33.4 Å². The van der Waals surface area contributed by atoms with Gasteiger partial charge in [0.2, 0.25) is 0 Å². The zero-order chi connectivity index (χ0) is 17.8. The van der Waals surface area contributed by atoms with Crippen LogP contribution in [0.4, 0.5) is 0 Å². The fourth-order valence-electron chi connectivity index (χ4n) is 4.61. The molecule has 1 aromatic carbocycles. The highest BCUT2D eigenvalue weighted by molar-refractivity contribution is 5.37. The average Bonchev–Trinajstić information content (AvgIpc) is 3.20. The Morgan fingerprint density at radius 3 is 2.38 bits per heavy atom. The van der Waals surface area contributed by atoms with E-state index in [0.29, 0.717) is 6.04 Å². The van der Waals surface area contributed by atoms with E-state index in [1.807, 2.05) is 28.9 Å². The second kappa shape index (κ2) is 7.74. The van der Waals surface area contributed by atoms with Crippen LogP contribution in [0.15, 0.2) is 24.3 Å². The fourth-order valence-corrected chi connectivity index (χ4v) is 4.61. The Hall–Kier alpha value is -1.95. The first-order chi connectivity index (χ1) is 12.8. The maximum absolute atomic E-state index is 5.28. The number of ether oxygens (including phenoxy) is 1. The molecule has 2 aliphatic carbocycles. The van der Waals surface area contributed by atoms with Gasteiger partial charge in [0.05, 0.1) is 18.3 Å². The summed E-state index contributed by atoms with van der Waals surface area (Å²) in [7, 11) is 1.68. The van der Waals surface area contributed by atoms with Crippen LogP contribution in [0, 0.1) is 0 Å². The lowest BCUT2D eigenvalue weighted by Crippen LogP contribution is -2.51. The molecule has 6 heteroatoms. The maximum Gasteiger partial charge on any atom is 0.176 e. The molecule has 4 rings (SSSR count). The van der Waals surface area contributed by atoms with Crippen molar-refractivity contribution in [3.63, 3.8) is 0 Å². The average molecular weight is 355 g/mol. The Bertz CT molecular complexity index is 699. The molecule has 0 amide bonds. The highest BCUT2D eigenvalue weighted by Gasteiger charge is 2.40. The number of tetrazole rings is 1. The van der Waals surface area contributed by atoms with Crippen LogP contribution in [0.1, 0.15) is 70.0 Å². The molecule has 2 aliphatic rings. The van der Waals surface area contributed by atoms with Crippen molar-refractivity contribution in [3.8, 4) is 11.4 Å². The third-order valence-electron chi connectivity index (χ3n) is 6.01. The number of benzene rings is 1. The van der Waals surface area contributed by atoms with Gasteiger partial charge in [0, 0.05) is 6.04 Å². The van der Waals surface area contributed by atoms with E-state index in [1.54, 1.807) is 7.11 Å². The third kappa shape index (κ3) is 3.47. The molecule has 0 aliphatic heterocycles. The Kier molecular flexibility index (Phi) is 5.20. The first-order valence-corrected chi connectivity index (χ1v) is 10.0. The lowest BCUT2D eigenvalue weighted by molar-refractivity contribution is 0.174. The topological polar surface area (TPSA) is 64.9 Å². The van der Waals surface area contributed by atoms with Gasteiger partial charge in [-0.2, -0.15) is 4.68 Å². The summed E-state index contributed by atoms with van der Waals surface area (Å²) in [5, 5.41) is 16.9. The molecule has 2 aromatic rings. The zero-order valence-corrected chi connectivity index (χ0v) is 15.7. The van der Waals surface area contributed by atoms with E-state index in [9.17, 15) is 0 Å². The maximum atomic E-state index is 5.28. The molecule has 0 bridgehead atoms. The van der Waals surface area contributed by atoms with Gasteiger partial charge in [-0.25, -0.2) is 0 Å². The monoisotopic (exact) mass is 355 g/mol. The SMILES string of the molecule is COc1ccc(-n2nnnc2C2(NC3CCCCC3)CCCCC2)cc1. The lowest BCUT2D eigenvalue weighted by atomic mass is 9.79. The number of hydrogen-bond donors (Lipinski definition) is 1. The van der Waals surface area contributed by atoms with Gasteiger partial charge in [0.1, 0.15) is 5.75 Å². The summed E-state index contributed by atoms with van der Waals surface area (Å²) in [5.74, 6) is 1.81. The molecule has 6 nitrogen and oxygen atoms in total. The number of aromatic nitrogens is 4. The zero-order valence-electron chi connectivity index (χ0n) is 15.7.